The van der Waals surface area contributed by atoms with Crippen molar-refractivity contribution in [2.45, 2.75) is 17.7 Å². The molecular weight excluding hydrogens is 428 g/mol. The fraction of sp³-hybridized carbons (Fsp3) is 0.348. The highest BCUT2D eigenvalue weighted by Gasteiger charge is 2.35. The van der Waals surface area contributed by atoms with E-state index in [0.29, 0.717) is 11.3 Å². The smallest absolute Gasteiger partial charge is 0.256 e. The summed E-state index contributed by atoms with van der Waals surface area (Å²) in [5.74, 6) is -0.184. The van der Waals surface area contributed by atoms with Crippen molar-refractivity contribution in [1.29, 1.82) is 5.26 Å². The van der Waals surface area contributed by atoms with Crippen LogP contribution in [0.3, 0.4) is 0 Å². The number of hydrogen-bond donors (Lipinski definition) is 0. The Morgan fingerprint density at radius 2 is 1.62 bits per heavy atom. The molecule has 0 bridgehead atoms. The van der Waals surface area contributed by atoms with Crippen molar-refractivity contribution < 1.29 is 18.0 Å². The molecule has 2 fully saturated rings. The number of sulfonamides is 1. The molecule has 0 N–H and O–H groups in total. The van der Waals surface area contributed by atoms with Gasteiger partial charge in [-0.3, -0.25) is 9.59 Å². The van der Waals surface area contributed by atoms with E-state index in [1.807, 2.05) is 6.07 Å². The first kappa shape index (κ1) is 22.0. The average Bonchev–Trinajstić information content (AvgIpc) is 3.68. The van der Waals surface area contributed by atoms with Gasteiger partial charge in [0.1, 0.15) is 6.07 Å². The summed E-state index contributed by atoms with van der Waals surface area (Å²) >= 11 is 0. The maximum Gasteiger partial charge on any atom is 0.256 e. The molecule has 0 unspecified atom stereocenters. The summed E-state index contributed by atoms with van der Waals surface area (Å²) in [5, 5.41) is 9.26. The lowest BCUT2D eigenvalue weighted by molar-refractivity contribution is -0.119. The minimum atomic E-state index is -3.83. The number of nitrogens with zero attached hydrogens (tertiary/aromatic N) is 4. The molecule has 0 radical (unpaired) electrons. The number of nitriles is 1. The molecule has 1 aliphatic carbocycles. The Kier molecular flexibility index (Phi) is 6.00. The van der Waals surface area contributed by atoms with Gasteiger partial charge in [0.25, 0.3) is 5.91 Å². The van der Waals surface area contributed by atoms with E-state index in [1.165, 1.54) is 16.4 Å². The van der Waals surface area contributed by atoms with Crippen LogP contribution in [0.2, 0.25) is 0 Å². The molecule has 1 heterocycles. The molecule has 1 aliphatic heterocycles. The van der Waals surface area contributed by atoms with E-state index >= 15 is 0 Å². The molecule has 166 valence electrons. The topological polar surface area (TPSA) is 102 Å². The first-order valence-corrected chi connectivity index (χ1v) is 11.9. The van der Waals surface area contributed by atoms with Gasteiger partial charge in [0.2, 0.25) is 15.9 Å². The second-order valence-corrected chi connectivity index (χ2v) is 9.90. The number of benzene rings is 2. The van der Waals surface area contributed by atoms with Crippen LogP contribution in [0.1, 0.15) is 28.8 Å². The summed E-state index contributed by atoms with van der Waals surface area (Å²) in [7, 11) is -2.15. The maximum atomic E-state index is 13.2. The standard InChI is InChI=1S/C23H24N4O4S/c1-25(22(28)17-10-11-17)20-8-4-3-7-19(20)23(29)26-12-14-27(15-13-26)32(30,31)21-9-5-2-6-18(21)16-24/h2-9,17H,10-15H2,1H3. The Hall–Kier alpha value is -3.22. The lowest BCUT2D eigenvalue weighted by Gasteiger charge is -2.34. The zero-order valence-corrected chi connectivity index (χ0v) is 18.6. The highest BCUT2D eigenvalue weighted by Crippen LogP contribution is 2.33. The van der Waals surface area contributed by atoms with E-state index in [1.54, 1.807) is 53.2 Å². The van der Waals surface area contributed by atoms with Crippen molar-refractivity contribution in [2.75, 3.05) is 38.1 Å². The van der Waals surface area contributed by atoms with Crippen molar-refractivity contribution in [3.63, 3.8) is 0 Å². The number of hydrogen-bond acceptors (Lipinski definition) is 5. The number of amides is 2. The molecule has 9 heteroatoms. The van der Waals surface area contributed by atoms with E-state index in [2.05, 4.69) is 0 Å². The van der Waals surface area contributed by atoms with Crippen LogP contribution in [0.4, 0.5) is 5.69 Å². The van der Waals surface area contributed by atoms with Crippen molar-refractivity contribution in [3.8, 4) is 6.07 Å². The molecular formula is C23H24N4O4S. The van der Waals surface area contributed by atoms with Crippen molar-refractivity contribution >= 4 is 27.5 Å². The fourth-order valence-electron chi connectivity index (χ4n) is 3.89. The molecule has 1 saturated heterocycles. The number of rotatable bonds is 5. The monoisotopic (exact) mass is 452 g/mol. The number of piperazine rings is 1. The van der Waals surface area contributed by atoms with Crippen molar-refractivity contribution in [1.82, 2.24) is 9.21 Å². The van der Waals surface area contributed by atoms with Crippen LogP contribution in [0.15, 0.2) is 53.4 Å². The first-order valence-electron chi connectivity index (χ1n) is 10.5. The van der Waals surface area contributed by atoms with E-state index in [4.69, 9.17) is 0 Å². The molecule has 8 nitrogen and oxygen atoms in total. The third-order valence-electron chi connectivity index (χ3n) is 5.90. The molecule has 1 saturated carbocycles. The van der Waals surface area contributed by atoms with Crippen LogP contribution < -0.4 is 4.90 Å². The van der Waals surface area contributed by atoms with Gasteiger partial charge >= 0.3 is 0 Å². The van der Waals surface area contributed by atoms with Gasteiger partial charge in [-0.05, 0) is 37.1 Å². The zero-order valence-electron chi connectivity index (χ0n) is 17.8. The van der Waals surface area contributed by atoms with Gasteiger partial charge < -0.3 is 9.80 Å². The summed E-state index contributed by atoms with van der Waals surface area (Å²) in [6.07, 6.45) is 1.76. The summed E-state index contributed by atoms with van der Waals surface area (Å²) < 4.78 is 27.4. The highest BCUT2D eigenvalue weighted by atomic mass is 32.2. The summed E-state index contributed by atoms with van der Waals surface area (Å²) in [6.45, 7) is 0.711. The highest BCUT2D eigenvalue weighted by molar-refractivity contribution is 7.89. The van der Waals surface area contributed by atoms with Crippen molar-refractivity contribution in [2.24, 2.45) is 5.92 Å². The van der Waals surface area contributed by atoms with Gasteiger partial charge in [0.05, 0.1) is 21.7 Å². The molecule has 32 heavy (non-hydrogen) atoms. The van der Waals surface area contributed by atoms with Crippen LogP contribution >= 0.6 is 0 Å². The summed E-state index contributed by atoms with van der Waals surface area (Å²) in [4.78, 5) is 28.9. The summed E-state index contributed by atoms with van der Waals surface area (Å²) in [6, 6.07) is 15.0. The third kappa shape index (κ3) is 4.11. The van der Waals surface area contributed by atoms with Gasteiger partial charge in [-0.15, -0.1) is 0 Å². The predicted octanol–water partition coefficient (Wildman–Crippen LogP) is 2.08. The Morgan fingerprint density at radius 1 is 1.00 bits per heavy atom. The second-order valence-electron chi connectivity index (χ2n) is 7.99. The Labute approximate surface area is 187 Å². The zero-order chi connectivity index (χ0) is 22.9. The number of carbonyl (C=O) groups is 2. The SMILES string of the molecule is CN(C(=O)C1CC1)c1ccccc1C(=O)N1CCN(S(=O)(=O)c2ccccc2C#N)CC1. The minimum absolute atomic E-state index is 0.0114. The van der Waals surface area contributed by atoms with E-state index in [9.17, 15) is 23.3 Å². The number of anilines is 1. The fourth-order valence-corrected chi connectivity index (χ4v) is 5.46. The molecule has 4 rings (SSSR count). The van der Waals surface area contributed by atoms with E-state index < -0.39 is 10.0 Å². The number of para-hydroxylation sites is 1. The Bertz CT molecular complexity index is 1190. The maximum absolute atomic E-state index is 13.2. The predicted molar refractivity (Wildman–Crippen MR) is 118 cm³/mol. The largest absolute Gasteiger partial charge is 0.336 e. The lowest BCUT2D eigenvalue weighted by atomic mass is 10.1. The van der Waals surface area contributed by atoms with Crippen molar-refractivity contribution in [3.05, 3.63) is 59.7 Å². The Balaban J connectivity index is 1.49. The van der Waals surface area contributed by atoms with Gasteiger partial charge in [0.15, 0.2) is 0 Å². The van der Waals surface area contributed by atoms with Gasteiger partial charge in [-0.1, -0.05) is 24.3 Å². The normalized spacial score (nSPS) is 16.9. The van der Waals surface area contributed by atoms with Crippen LogP contribution in [0.25, 0.3) is 0 Å². The molecule has 0 atom stereocenters. The molecule has 2 aromatic carbocycles. The molecule has 2 aromatic rings. The molecule has 0 spiro atoms. The van der Waals surface area contributed by atoms with Crippen LogP contribution in [0.5, 0.6) is 0 Å². The Morgan fingerprint density at radius 3 is 2.28 bits per heavy atom. The minimum Gasteiger partial charge on any atom is -0.336 e. The van der Waals surface area contributed by atoms with Crippen LogP contribution in [0, 0.1) is 17.2 Å². The molecule has 2 amide bonds. The lowest BCUT2D eigenvalue weighted by Crippen LogP contribution is -2.50. The van der Waals surface area contributed by atoms with Crippen LogP contribution in [-0.4, -0.2) is 62.7 Å². The van der Waals surface area contributed by atoms with E-state index in [-0.39, 0.29) is 54.4 Å². The number of carbonyl (C=O) groups excluding carboxylic acids is 2. The van der Waals surface area contributed by atoms with Gasteiger partial charge in [-0.2, -0.15) is 9.57 Å². The average molecular weight is 453 g/mol. The van der Waals surface area contributed by atoms with Crippen LogP contribution in [-0.2, 0) is 14.8 Å². The molecule has 0 aromatic heterocycles. The summed E-state index contributed by atoms with van der Waals surface area (Å²) in [5.41, 5.74) is 1.09. The second kappa shape index (κ2) is 8.73. The van der Waals surface area contributed by atoms with Gasteiger partial charge in [-0.25, -0.2) is 8.42 Å². The molecule has 2 aliphatic rings. The quantitative estimate of drug-likeness (QED) is 0.691. The third-order valence-corrected chi connectivity index (χ3v) is 7.86. The van der Waals surface area contributed by atoms with Gasteiger partial charge in [0, 0.05) is 39.1 Å². The first-order chi connectivity index (χ1) is 15.3. The van der Waals surface area contributed by atoms with E-state index in [0.717, 1.165) is 12.8 Å².